The fraction of sp³-hybridized carbons (Fsp3) is 0.241. The fourth-order valence-corrected chi connectivity index (χ4v) is 4.96. The van der Waals surface area contributed by atoms with Crippen LogP contribution in [0.1, 0.15) is 44.7 Å². The van der Waals surface area contributed by atoms with Crippen molar-refractivity contribution in [2.75, 3.05) is 15.5 Å². The van der Waals surface area contributed by atoms with Crippen LogP contribution in [0.25, 0.3) is 22.6 Å². The van der Waals surface area contributed by atoms with Crippen LogP contribution in [0.4, 0.5) is 17.1 Å². The van der Waals surface area contributed by atoms with Crippen molar-refractivity contribution in [1.29, 1.82) is 0 Å². The van der Waals surface area contributed by atoms with E-state index in [1.54, 1.807) is 13.8 Å². The molecule has 188 valence electrons. The van der Waals surface area contributed by atoms with Gasteiger partial charge in [-0.2, -0.15) is 0 Å². The number of aryl methyl sites for hydroxylation is 1. The fourth-order valence-electron chi connectivity index (χ4n) is 4.96. The zero-order valence-electron chi connectivity index (χ0n) is 21.3. The molecule has 0 aliphatic carbocycles. The van der Waals surface area contributed by atoms with Gasteiger partial charge in [-0.1, -0.05) is 18.2 Å². The lowest BCUT2D eigenvalue weighted by molar-refractivity contribution is -0.117. The number of aromatic nitrogens is 2. The number of fused-ring (bicyclic) bond motifs is 1. The van der Waals surface area contributed by atoms with Crippen LogP contribution >= 0.6 is 0 Å². The molecule has 8 nitrogen and oxygen atoms in total. The van der Waals surface area contributed by atoms with Crippen molar-refractivity contribution in [3.05, 3.63) is 78.2 Å². The zero-order valence-corrected chi connectivity index (χ0v) is 21.3. The first-order chi connectivity index (χ1) is 17.8. The van der Waals surface area contributed by atoms with Crippen molar-refractivity contribution in [2.45, 2.75) is 46.2 Å². The second-order valence-electron chi connectivity index (χ2n) is 9.41. The molecule has 1 aliphatic rings. The molecule has 2 N–H and O–H groups in total. The Morgan fingerprint density at radius 3 is 2.32 bits per heavy atom. The van der Waals surface area contributed by atoms with Crippen molar-refractivity contribution in [2.24, 2.45) is 0 Å². The van der Waals surface area contributed by atoms with Gasteiger partial charge in [-0.05, 0) is 78.6 Å². The molecule has 2 amide bonds. The third kappa shape index (κ3) is 5.09. The molecule has 8 heteroatoms. The molecular weight excluding hydrogens is 466 g/mol. The van der Waals surface area contributed by atoms with Crippen molar-refractivity contribution < 1.29 is 14.0 Å². The van der Waals surface area contributed by atoms with Gasteiger partial charge < -0.3 is 20.0 Å². The Kier molecular flexibility index (Phi) is 6.48. The number of carbonyl (C=O) groups excluding carboxylic acids is 2. The summed E-state index contributed by atoms with van der Waals surface area (Å²) >= 11 is 0. The average molecular weight is 496 g/mol. The van der Waals surface area contributed by atoms with Gasteiger partial charge >= 0.3 is 0 Å². The lowest BCUT2D eigenvalue weighted by Crippen LogP contribution is -2.43. The molecule has 0 saturated heterocycles. The minimum absolute atomic E-state index is 0.00410. The van der Waals surface area contributed by atoms with E-state index in [4.69, 9.17) is 4.42 Å². The summed E-state index contributed by atoms with van der Waals surface area (Å²) in [5.74, 6) is 0.923. The predicted molar refractivity (Wildman–Crippen MR) is 144 cm³/mol. The minimum Gasteiger partial charge on any atom is -0.421 e. The maximum Gasteiger partial charge on any atom is 0.247 e. The number of nitrogens with one attached hydrogen (secondary N) is 2. The quantitative estimate of drug-likeness (QED) is 0.354. The van der Waals surface area contributed by atoms with E-state index in [1.165, 1.54) is 6.92 Å². The molecule has 5 rings (SSSR count). The summed E-state index contributed by atoms with van der Waals surface area (Å²) < 4.78 is 5.54. The van der Waals surface area contributed by atoms with E-state index in [0.29, 0.717) is 11.8 Å². The summed E-state index contributed by atoms with van der Waals surface area (Å²) in [4.78, 5) is 26.0. The molecule has 2 atom stereocenters. The second-order valence-corrected chi connectivity index (χ2v) is 9.41. The summed E-state index contributed by atoms with van der Waals surface area (Å²) in [5.41, 5.74) is 6.51. The van der Waals surface area contributed by atoms with Crippen LogP contribution in [-0.2, 0) is 9.59 Å². The van der Waals surface area contributed by atoms with Gasteiger partial charge in [0.05, 0.1) is 6.04 Å². The molecule has 1 aromatic heterocycles. The topological polar surface area (TPSA) is 100 Å². The third-order valence-corrected chi connectivity index (χ3v) is 6.53. The molecule has 0 fully saturated rings. The van der Waals surface area contributed by atoms with Gasteiger partial charge in [0.15, 0.2) is 0 Å². The Balaban J connectivity index is 1.48. The Morgan fingerprint density at radius 2 is 1.65 bits per heavy atom. The number of hydrogen-bond acceptors (Lipinski definition) is 6. The summed E-state index contributed by atoms with van der Waals surface area (Å²) in [6, 6.07) is 21.9. The van der Waals surface area contributed by atoms with E-state index in [0.717, 1.165) is 45.7 Å². The van der Waals surface area contributed by atoms with Gasteiger partial charge in [0.25, 0.3) is 0 Å². The monoisotopic (exact) mass is 495 g/mol. The Morgan fingerprint density at radius 1 is 0.919 bits per heavy atom. The van der Waals surface area contributed by atoms with Crippen molar-refractivity contribution in [1.82, 2.24) is 10.2 Å². The molecule has 4 aromatic rings. The van der Waals surface area contributed by atoms with Crippen molar-refractivity contribution >= 4 is 28.9 Å². The first-order valence-corrected chi connectivity index (χ1v) is 12.3. The van der Waals surface area contributed by atoms with Crippen LogP contribution in [0.15, 0.2) is 71.1 Å². The van der Waals surface area contributed by atoms with E-state index >= 15 is 0 Å². The largest absolute Gasteiger partial charge is 0.421 e. The van der Waals surface area contributed by atoms with E-state index in [1.807, 2.05) is 65.6 Å². The highest BCUT2D eigenvalue weighted by atomic mass is 16.4. The van der Waals surface area contributed by atoms with Gasteiger partial charge in [-0.3, -0.25) is 9.59 Å². The lowest BCUT2D eigenvalue weighted by Gasteiger charge is -2.39. The SMILES string of the molecule is CC(=O)Nc1cccc(-c2ccc3c(c2)[C@H](Nc2ccc(-c4nnc(C)o4)cc2)C[C@H](C)N3C(C)=O)c1. The van der Waals surface area contributed by atoms with Gasteiger partial charge in [0, 0.05) is 49.4 Å². The molecule has 0 spiro atoms. The van der Waals surface area contributed by atoms with E-state index in [-0.39, 0.29) is 23.9 Å². The summed E-state index contributed by atoms with van der Waals surface area (Å²) in [6.07, 6.45) is 0.757. The molecule has 0 radical (unpaired) electrons. The van der Waals surface area contributed by atoms with Crippen LogP contribution in [0, 0.1) is 6.92 Å². The number of amides is 2. The maximum absolute atomic E-state index is 12.6. The van der Waals surface area contributed by atoms with Gasteiger partial charge in [0.1, 0.15) is 0 Å². The summed E-state index contributed by atoms with van der Waals surface area (Å²) in [7, 11) is 0. The average Bonchev–Trinajstić information content (AvgIpc) is 3.30. The Hall–Kier alpha value is -4.46. The standard InChI is InChI=1S/C29H29N5O3/c1-17-14-27(31-24-11-8-21(9-12-24)29-33-32-19(3)37-29)26-16-23(10-13-28(26)34(17)20(4)36)22-6-5-7-25(15-22)30-18(2)35/h5-13,15-17,27,31H,14H2,1-4H3,(H,30,35)/t17-,27+/m0/s1. The highest BCUT2D eigenvalue weighted by molar-refractivity contribution is 5.94. The smallest absolute Gasteiger partial charge is 0.247 e. The minimum atomic E-state index is -0.113. The maximum atomic E-state index is 12.6. The number of rotatable bonds is 5. The lowest BCUT2D eigenvalue weighted by atomic mass is 9.88. The van der Waals surface area contributed by atoms with Gasteiger partial charge in [-0.15, -0.1) is 10.2 Å². The van der Waals surface area contributed by atoms with Crippen LogP contribution in [0.3, 0.4) is 0 Å². The molecule has 0 bridgehead atoms. The Labute approximate surface area is 215 Å². The molecule has 0 saturated carbocycles. The predicted octanol–water partition coefficient (Wildman–Crippen LogP) is 5.97. The number of carbonyl (C=O) groups is 2. The molecular formula is C29H29N5O3. The normalized spacial score (nSPS) is 16.7. The second kappa shape index (κ2) is 9.89. The molecule has 0 unspecified atom stereocenters. The number of hydrogen-bond donors (Lipinski definition) is 2. The zero-order chi connectivity index (χ0) is 26.1. The highest BCUT2D eigenvalue weighted by Gasteiger charge is 2.32. The van der Waals surface area contributed by atoms with Gasteiger partial charge in [-0.25, -0.2) is 0 Å². The van der Waals surface area contributed by atoms with Gasteiger partial charge in [0.2, 0.25) is 23.6 Å². The summed E-state index contributed by atoms with van der Waals surface area (Å²) in [5, 5.41) is 14.5. The summed E-state index contributed by atoms with van der Waals surface area (Å²) in [6.45, 7) is 6.94. The van der Waals surface area contributed by atoms with Crippen LogP contribution < -0.4 is 15.5 Å². The van der Waals surface area contributed by atoms with Crippen LogP contribution in [-0.4, -0.2) is 28.1 Å². The molecule has 1 aliphatic heterocycles. The molecule has 3 aromatic carbocycles. The van der Waals surface area contributed by atoms with Crippen LogP contribution in [0.2, 0.25) is 0 Å². The number of anilines is 3. The molecule has 37 heavy (non-hydrogen) atoms. The Bertz CT molecular complexity index is 1460. The number of nitrogens with zero attached hydrogens (tertiary/aromatic N) is 3. The first-order valence-electron chi connectivity index (χ1n) is 12.3. The third-order valence-electron chi connectivity index (χ3n) is 6.53. The first kappa shape index (κ1) is 24.2. The van der Waals surface area contributed by atoms with Crippen molar-refractivity contribution in [3.8, 4) is 22.6 Å². The van der Waals surface area contributed by atoms with Crippen LogP contribution in [0.5, 0.6) is 0 Å². The molecule has 2 heterocycles. The van der Waals surface area contributed by atoms with Crippen molar-refractivity contribution in [3.63, 3.8) is 0 Å². The van der Waals surface area contributed by atoms with E-state index < -0.39 is 0 Å². The van der Waals surface area contributed by atoms with E-state index in [2.05, 4.69) is 33.8 Å². The van der Waals surface area contributed by atoms with E-state index in [9.17, 15) is 9.59 Å². The highest BCUT2D eigenvalue weighted by Crippen LogP contribution is 2.41. The number of benzene rings is 3.